The van der Waals surface area contributed by atoms with E-state index in [1.165, 1.54) is 12.1 Å². The highest BCUT2D eigenvalue weighted by Gasteiger charge is 2.12. The second-order valence-corrected chi connectivity index (χ2v) is 5.36. The molecule has 1 unspecified atom stereocenters. The number of hydrogen-bond donors (Lipinski definition) is 1. The monoisotopic (exact) mass is 291 g/mol. The summed E-state index contributed by atoms with van der Waals surface area (Å²) in [4.78, 5) is 0. The summed E-state index contributed by atoms with van der Waals surface area (Å²) in [5.41, 5.74) is 3.34. The standard InChI is InChI=1S/C17H19ClFN/c1-3-20-17(10-13-5-8-15(19)9-6-13)14-7-4-12(2)16(18)11-14/h4-9,11,17,20H,3,10H2,1-2H3. The van der Waals surface area contributed by atoms with Gasteiger partial charge in [-0.05, 0) is 54.8 Å². The third kappa shape index (κ3) is 3.81. The van der Waals surface area contributed by atoms with Crippen LogP contribution in [0, 0.1) is 12.7 Å². The predicted molar refractivity (Wildman–Crippen MR) is 82.7 cm³/mol. The van der Waals surface area contributed by atoms with E-state index >= 15 is 0 Å². The van der Waals surface area contributed by atoms with E-state index in [1.807, 2.05) is 31.2 Å². The molecule has 0 bridgehead atoms. The minimum absolute atomic E-state index is 0.184. The summed E-state index contributed by atoms with van der Waals surface area (Å²) in [6.45, 7) is 4.94. The quantitative estimate of drug-likeness (QED) is 0.843. The lowest BCUT2D eigenvalue weighted by Crippen LogP contribution is -2.23. The third-order valence-electron chi connectivity index (χ3n) is 3.40. The van der Waals surface area contributed by atoms with Gasteiger partial charge in [-0.15, -0.1) is 0 Å². The Kier molecular flexibility index (Phi) is 5.16. The van der Waals surface area contributed by atoms with Gasteiger partial charge in [-0.1, -0.05) is 42.8 Å². The Morgan fingerprint density at radius 1 is 1.15 bits per heavy atom. The Labute approximate surface area is 124 Å². The van der Waals surface area contributed by atoms with Gasteiger partial charge < -0.3 is 5.32 Å². The molecule has 0 aliphatic rings. The van der Waals surface area contributed by atoms with Gasteiger partial charge in [-0.2, -0.15) is 0 Å². The molecule has 0 spiro atoms. The lowest BCUT2D eigenvalue weighted by molar-refractivity contribution is 0.548. The summed E-state index contributed by atoms with van der Waals surface area (Å²) >= 11 is 6.20. The Morgan fingerprint density at radius 2 is 1.85 bits per heavy atom. The van der Waals surface area contributed by atoms with Crippen molar-refractivity contribution in [1.29, 1.82) is 0 Å². The average molecular weight is 292 g/mol. The molecule has 0 aliphatic carbocycles. The number of hydrogen-bond acceptors (Lipinski definition) is 1. The fraction of sp³-hybridized carbons (Fsp3) is 0.294. The van der Waals surface area contributed by atoms with Gasteiger partial charge in [0, 0.05) is 11.1 Å². The summed E-state index contributed by atoms with van der Waals surface area (Å²) in [5, 5.41) is 4.24. The molecule has 0 saturated carbocycles. The van der Waals surface area contributed by atoms with Crippen LogP contribution in [0.25, 0.3) is 0 Å². The summed E-state index contributed by atoms with van der Waals surface area (Å²) < 4.78 is 13.0. The highest BCUT2D eigenvalue weighted by atomic mass is 35.5. The zero-order valence-electron chi connectivity index (χ0n) is 11.8. The maximum Gasteiger partial charge on any atom is 0.123 e. The van der Waals surface area contributed by atoms with E-state index < -0.39 is 0 Å². The van der Waals surface area contributed by atoms with Crippen molar-refractivity contribution in [3.63, 3.8) is 0 Å². The zero-order valence-corrected chi connectivity index (χ0v) is 12.5. The molecule has 1 N–H and O–H groups in total. The van der Waals surface area contributed by atoms with E-state index in [0.717, 1.165) is 34.7 Å². The fourth-order valence-corrected chi connectivity index (χ4v) is 2.43. The van der Waals surface area contributed by atoms with Crippen LogP contribution in [0.15, 0.2) is 42.5 Å². The van der Waals surface area contributed by atoms with Crippen LogP contribution in [0.3, 0.4) is 0 Å². The molecule has 0 aromatic heterocycles. The molecule has 0 fully saturated rings. The molecule has 1 nitrogen and oxygen atoms in total. The lowest BCUT2D eigenvalue weighted by Gasteiger charge is -2.19. The van der Waals surface area contributed by atoms with E-state index in [-0.39, 0.29) is 11.9 Å². The first-order chi connectivity index (χ1) is 9.60. The van der Waals surface area contributed by atoms with Gasteiger partial charge in [0.2, 0.25) is 0 Å². The Bertz CT molecular complexity index is 566. The SMILES string of the molecule is CCNC(Cc1ccc(F)cc1)c1ccc(C)c(Cl)c1. The third-order valence-corrected chi connectivity index (χ3v) is 3.81. The van der Waals surface area contributed by atoms with Crippen molar-refractivity contribution in [1.82, 2.24) is 5.32 Å². The summed E-state index contributed by atoms with van der Waals surface area (Å²) in [5.74, 6) is -0.202. The summed E-state index contributed by atoms with van der Waals surface area (Å²) in [6, 6.07) is 13.0. The number of likely N-dealkylation sites (N-methyl/N-ethyl adjacent to an activating group) is 1. The Hall–Kier alpha value is -1.38. The van der Waals surface area contributed by atoms with Crippen molar-refractivity contribution < 1.29 is 4.39 Å². The van der Waals surface area contributed by atoms with Crippen molar-refractivity contribution in [3.8, 4) is 0 Å². The molecule has 106 valence electrons. The number of aryl methyl sites for hydroxylation is 1. The van der Waals surface area contributed by atoms with Gasteiger partial charge in [0.1, 0.15) is 5.82 Å². The maximum atomic E-state index is 13.0. The Balaban J connectivity index is 2.21. The largest absolute Gasteiger partial charge is 0.310 e. The maximum absolute atomic E-state index is 13.0. The van der Waals surface area contributed by atoms with Crippen LogP contribution in [0.5, 0.6) is 0 Å². The van der Waals surface area contributed by atoms with E-state index in [4.69, 9.17) is 11.6 Å². The molecule has 2 aromatic carbocycles. The molecule has 3 heteroatoms. The second-order valence-electron chi connectivity index (χ2n) is 4.95. The molecule has 0 radical (unpaired) electrons. The van der Waals surface area contributed by atoms with Crippen molar-refractivity contribution in [3.05, 3.63) is 70.0 Å². The van der Waals surface area contributed by atoms with Crippen LogP contribution in [0.2, 0.25) is 5.02 Å². The molecular weight excluding hydrogens is 273 g/mol. The van der Waals surface area contributed by atoms with Gasteiger partial charge in [-0.25, -0.2) is 4.39 Å². The molecule has 0 amide bonds. The predicted octanol–water partition coefficient (Wildman–Crippen LogP) is 4.68. The molecule has 2 rings (SSSR count). The highest BCUT2D eigenvalue weighted by Crippen LogP contribution is 2.24. The van der Waals surface area contributed by atoms with Gasteiger partial charge in [0.25, 0.3) is 0 Å². The fourth-order valence-electron chi connectivity index (χ4n) is 2.24. The topological polar surface area (TPSA) is 12.0 Å². The lowest BCUT2D eigenvalue weighted by atomic mass is 9.98. The molecule has 1 atom stereocenters. The minimum Gasteiger partial charge on any atom is -0.310 e. The van der Waals surface area contributed by atoms with Gasteiger partial charge in [-0.3, -0.25) is 0 Å². The molecule has 0 saturated heterocycles. The van der Waals surface area contributed by atoms with Crippen molar-refractivity contribution in [2.24, 2.45) is 0 Å². The zero-order chi connectivity index (χ0) is 14.5. The number of benzene rings is 2. The van der Waals surface area contributed by atoms with E-state index in [1.54, 1.807) is 0 Å². The normalized spacial score (nSPS) is 12.4. The van der Waals surface area contributed by atoms with Crippen LogP contribution in [0.1, 0.15) is 29.7 Å². The summed E-state index contributed by atoms with van der Waals surface area (Å²) in [6.07, 6.45) is 0.813. The first kappa shape index (κ1) is 15.0. The number of nitrogens with one attached hydrogen (secondary N) is 1. The van der Waals surface area contributed by atoms with Crippen molar-refractivity contribution >= 4 is 11.6 Å². The highest BCUT2D eigenvalue weighted by molar-refractivity contribution is 6.31. The van der Waals surface area contributed by atoms with Crippen LogP contribution in [-0.2, 0) is 6.42 Å². The Morgan fingerprint density at radius 3 is 2.45 bits per heavy atom. The van der Waals surface area contributed by atoms with Crippen LogP contribution < -0.4 is 5.32 Å². The molecule has 2 aromatic rings. The van der Waals surface area contributed by atoms with Crippen LogP contribution in [-0.4, -0.2) is 6.54 Å². The van der Waals surface area contributed by atoms with Crippen LogP contribution >= 0.6 is 11.6 Å². The average Bonchev–Trinajstić information content (AvgIpc) is 2.44. The van der Waals surface area contributed by atoms with Crippen molar-refractivity contribution in [2.45, 2.75) is 26.3 Å². The molecule has 20 heavy (non-hydrogen) atoms. The number of rotatable bonds is 5. The number of halogens is 2. The van der Waals surface area contributed by atoms with Gasteiger partial charge in [0.05, 0.1) is 0 Å². The van der Waals surface area contributed by atoms with Crippen LogP contribution in [0.4, 0.5) is 4.39 Å². The molecule has 0 heterocycles. The van der Waals surface area contributed by atoms with E-state index in [0.29, 0.717) is 0 Å². The minimum atomic E-state index is -0.202. The summed E-state index contributed by atoms with van der Waals surface area (Å²) in [7, 11) is 0. The molecular formula is C17H19ClFN. The second kappa shape index (κ2) is 6.87. The van der Waals surface area contributed by atoms with E-state index in [2.05, 4.69) is 18.3 Å². The first-order valence-corrected chi connectivity index (χ1v) is 7.22. The van der Waals surface area contributed by atoms with Gasteiger partial charge >= 0.3 is 0 Å². The smallest absolute Gasteiger partial charge is 0.123 e. The molecule has 0 aliphatic heterocycles. The van der Waals surface area contributed by atoms with Gasteiger partial charge in [0.15, 0.2) is 0 Å². The van der Waals surface area contributed by atoms with E-state index in [9.17, 15) is 4.39 Å². The first-order valence-electron chi connectivity index (χ1n) is 6.84. The van der Waals surface area contributed by atoms with Crippen molar-refractivity contribution in [2.75, 3.05) is 6.54 Å².